The van der Waals surface area contributed by atoms with Crippen molar-refractivity contribution < 1.29 is 19.1 Å². The Bertz CT molecular complexity index is 772. The van der Waals surface area contributed by atoms with E-state index in [2.05, 4.69) is 5.32 Å². The molecule has 3 saturated heterocycles. The number of benzene rings is 1. The van der Waals surface area contributed by atoms with Crippen molar-refractivity contribution in [1.82, 2.24) is 15.1 Å². The van der Waals surface area contributed by atoms with Gasteiger partial charge in [-0.1, -0.05) is 24.3 Å². The van der Waals surface area contributed by atoms with Crippen molar-refractivity contribution in [1.29, 1.82) is 0 Å². The van der Waals surface area contributed by atoms with Crippen molar-refractivity contribution in [2.75, 3.05) is 26.3 Å². The molecule has 3 aliphatic rings. The van der Waals surface area contributed by atoms with Crippen LogP contribution in [0.1, 0.15) is 30.4 Å². The number of carbonyl (C=O) groups excluding carboxylic acids is 3. The summed E-state index contributed by atoms with van der Waals surface area (Å²) in [6, 6.07) is 7.68. The van der Waals surface area contributed by atoms with Gasteiger partial charge in [-0.05, 0) is 18.1 Å². The number of likely N-dealkylation sites (tertiary alicyclic amines) is 1. The number of amides is 4. The second-order valence-corrected chi connectivity index (χ2v) is 7.81. The van der Waals surface area contributed by atoms with Gasteiger partial charge < -0.3 is 15.0 Å². The Morgan fingerprint density at radius 2 is 1.93 bits per heavy atom. The van der Waals surface area contributed by atoms with Crippen molar-refractivity contribution >= 4 is 17.8 Å². The first kappa shape index (κ1) is 18.0. The molecule has 4 amide bonds. The molecule has 7 nitrogen and oxygen atoms in total. The molecule has 0 saturated carbocycles. The molecular formula is C20H25N3O4. The van der Waals surface area contributed by atoms with Crippen LogP contribution < -0.4 is 5.32 Å². The summed E-state index contributed by atoms with van der Waals surface area (Å²) in [5, 5.41) is 2.87. The lowest BCUT2D eigenvalue weighted by atomic mass is 9.90. The van der Waals surface area contributed by atoms with E-state index in [9.17, 15) is 14.4 Å². The summed E-state index contributed by atoms with van der Waals surface area (Å²) in [4.78, 5) is 40.8. The third-order valence-electron chi connectivity index (χ3n) is 5.95. The number of carbonyl (C=O) groups is 3. The van der Waals surface area contributed by atoms with Crippen molar-refractivity contribution in [2.24, 2.45) is 5.92 Å². The van der Waals surface area contributed by atoms with Crippen LogP contribution in [0.3, 0.4) is 0 Å². The smallest absolute Gasteiger partial charge is 0.325 e. The molecule has 0 aromatic heterocycles. The Hall–Kier alpha value is -2.41. The Balaban J connectivity index is 1.40. The zero-order chi connectivity index (χ0) is 19.0. The molecule has 3 fully saturated rings. The number of aryl methyl sites for hydroxylation is 1. The first-order chi connectivity index (χ1) is 13.0. The van der Waals surface area contributed by atoms with Gasteiger partial charge in [-0.3, -0.25) is 14.5 Å². The van der Waals surface area contributed by atoms with Crippen LogP contribution in [0.15, 0.2) is 24.3 Å². The molecule has 144 valence electrons. The van der Waals surface area contributed by atoms with E-state index < -0.39 is 5.54 Å². The summed E-state index contributed by atoms with van der Waals surface area (Å²) in [5.74, 6) is -0.108. The van der Waals surface area contributed by atoms with Crippen molar-refractivity contribution in [3.8, 4) is 0 Å². The van der Waals surface area contributed by atoms with Gasteiger partial charge in [0.15, 0.2) is 0 Å². The zero-order valence-electron chi connectivity index (χ0n) is 15.6. The van der Waals surface area contributed by atoms with Gasteiger partial charge in [0.1, 0.15) is 5.54 Å². The fraction of sp³-hybridized carbons (Fsp3) is 0.550. The molecule has 3 aliphatic heterocycles. The first-order valence-corrected chi connectivity index (χ1v) is 9.53. The maximum absolute atomic E-state index is 12.9. The van der Waals surface area contributed by atoms with Crippen LogP contribution >= 0.6 is 0 Å². The number of nitrogens with one attached hydrogen (secondary N) is 1. The van der Waals surface area contributed by atoms with E-state index in [1.165, 1.54) is 4.90 Å². The fourth-order valence-corrected chi connectivity index (χ4v) is 4.28. The van der Waals surface area contributed by atoms with Crippen LogP contribution in [0, 0.1) is 12.8 Å². The molecule has 3 heterocycles. The minimum absolute atomic E-state index is 0.0220. The average molecular weight is 371 g/mol. The van der Waals surface area contributed by atoms with E-state index >= 15 is 0 Å². The summed E-state index contributed by atoms with van der Waals surface area (Å²) >= 11 is 0. The minimum atomic E-state index is -0.807. The Morgan fingerprint density at radius 1 is 1.19 bits per heavy atom. The lowest BCUT2D eigenvalue weighted by Crippen LogP contribution is -2.51. The predicted molar refractivity (Wildman–Crippen MR) is 97.7 cm³/mol. The monoisotopic (exact) mass is 371 g/mol. The van der Waals surface area contributed by atoms with Crippen LogP contribution in [-0.2, 0) is 20.9 Å². The van der Waals surface area contributed by atoms with Crippen LogP contribution in [0.5, 0.6) is 0 Å². The molecule has 1 unspecified atom stereocenters. The maximum Gasteiger partial charge on any atom is 0.325 e. The van der Waals surface area contributed by atoms with E-state index in [1.807, 2.05) is 36.1 Å². The molecule has 1 aromatic carbocycles. The number of imide groups is 1. The Labute approximate surface area is 158 Å². The third kappa shape index (κ3) is 3.32. The van der Waals surface area contributed by atoms with Gasteiger partial charge in [0, 0.05) is 58.0 Å². The van der Waals surface area contributed by atoms with E-state index in [0.29, 0.717) is 52.1 Å². The maximum atomic E-state index is 12.9. The summed E-state index contributed by atoms with van der Waals surface area (Å²) in [6.45, 7) is 4.43. The molecule has 1 N–H and O–H groups in total. The van der Waals surface area contributed by atoms with Gasteiger partial charge >= 0.3 is 6.03 Å². The first-order valence-electron chi connectivity index (χ1n) is 9.53. The zero-order valence-corrected chi connectivity index (χ0v) is 15.6. The van der Waals surface area contributed by atoms with Crippen LogP contribution in [0.4, 0.5) is 4.79 Å². The van der Waals surface area contributed by atoms with Gasteiger partial charge in [-0.2, -0.15) is 0 Å². The standard InChI is InChI=1S/C20H25N3O4/c1-14-4-2-3-5-16(14)13-22-11-15(10-17(22)24)12-23-18(25)20(21-19(23)26)6-8-27-9-7-20/h2-5,15H,6-13H2,1H3,(H,21,26). The topological polar surface area (TPSA) is 79.0 Å². The molecule has 1 atom stereocenters. The molecule has 7 heteroatoms. The van der Waals surface area contributed by atoms with Crippen LogP contribution in [0.2, 0.25) is 0 Å². The minimum Gasteiger partial charge on any atom is -0.381 e. The Morgan fingerprint density at radius 3 is 2.67 bits per heavy atom. The van der Waals surface area contributed by atoms with E-state index in [-0.39, 0.29) is 23.8 Å². The van der Waals surface area contributed by atoms with Gasteiger partial charge in [0.05, 0.1) is 0 Å². The number of hydrogen-bond acceptors (Lipinski definition) is 4. The van der Waals surface area contributed by atoms with E-state index in [4.69, 9.17) is 4.74 Å². The average Bonchev–Trinajstić information content (AvgIpc) is 3.10. The van der Waals surface area contributed by atoms with Crippen LogP contribution in [0.25, 0.3) is 0 Å². The molecule has 0 radical (unpaired) electrons. The number of nitrogens with zero attached hydrogens (tertiary/aromatic N) is 2. The summed E-state index contributed by atoms with van der Waals surface area (Å²) in [7, 11) is 0. The SMILES string of the molecule is Cc1ccccc1CN1CC(CN2C(=O)NC3(CCOCC3)C2=O)CC1=O. The second kappa shape index (κ2) is 6.96. The Kier molecular flexibility index (Phi) is 4.63. The van der Waals surface area contributed by atoms with E-state index in [0.717, 1.165) is 11.1 Å². The third-order valence-corrected chi connectivity index (χ3v) is 5.95. The normalized spacial score (nSPS) is 24.8. The van der Waals surface area contributed by atoms with Crippen molar-refractivity contribution in [2.45, 2.75) is 38.3 Å². The highest BCUT2D eigenvalue weighted by molar-refractivity contribution is 6.07. The summed E-state index contributed by atoms with van der Waals surface area (Å²) < 4.78 is 5.33. The summed E-state index contributed by atoms with van der Waals surface area (Å²) in [5.41, 5.74) is 1.48. The van der Waals surface area contributed by atoms with E-state index in [1.54, 1.807) is 0 Å². The van der Waals surface area contributed by atoms with Gasteiger partial charge in [0.2, 0.25) is 5.91 Å². The number of urea groups is 1. The fourth-order valence-electron chi connectivity index (χ4n) is 4.28. The highest BCUT2D eigenvalue weighted by atomic mass is 16.5. The molecular weight excluding hydrogens is 346 g/mol. The quantitative estimate of drug-likeness (QED) is 0.813. The van der Waals surface area contributed by atoms with Crippen LogP contribution in [-0.4, -0.2) is 59.5 Å². The largest absolute Gasteiger partial charge is 0.381 e. The molecule has 1 spiro atoms. The lowest BCUT2D eigenvalue weighted by Gasteiger charge is -2.30. The highest BCUT2D eigenvalue weighted by Crippen LogP contribution is 2.30. The molecule has 0 aliphatic carbocycles. The second-order valence-electron chi connectivity index (χ2n) is 7.81. The van der Waals surface area contributed by atoms with Gasteiger partial charge in [0.25, 0.3) is 5.91 Å². The number of ether oxygens (including phenoxy) is 1. The molecule has 1 aromatic rings. The molecule has 0 bridgehead atoms. The van der Waals surface area contributed by atoms with Crippen molar-refractivity contribution in [3.05, 3.63) is 35.4 Å². The molecule has 4 rings (SSSR count). The number of hydrogen-bond donors (Lipinski definition) is 1. The predicted octanol–water partition coefficient (Wildman–Crippen LogP) is 1.44. The molecule has 27 heavy (non-hydrogen) atoms. The highest BCUT2D eigenvalue weighted by Gasteiger charge is 2.52. The lowest BCUT2D eigenvalue weighted by molar-refractivity contribution is -0.135. The summed E-state index contributed by atoms with van der Waals surface area (Å²) in [6.07, 6.45) is 1.40. The van der Waals surface area contributed by atoms with Crippen molar-refractivity contribution in [3.63, 3.8) is 0 Å². The van der Waals surface area contributed by atoms with Gasteiger partial charge in [-0.25, -0.2) is 4.79 Å². The van der Waals surface area contributed by atoms with Gasteiger partial charge in [-0.15, -0.1) is 0 Å². The number of rotatable bonds is 4.